The van der Waals surface area contributed by atoms with Gasteiger partial charge in [-0.05, 0) is 18.2 Å². The van der Waals surface area contributed by atoms with Gasteiger partial charge < -0.3 is 14.9 Å². The largest absolute Gasteiger partial charge is 0.478 e. The Labute approximate surface area is 153 Å². The van der Waals surface area contributed by atoms with E-state index in [-0.39, 0.29) is 11.5 Å². The second-order valence-electron chi connectivity index (χ2n) is 6.25. The fraction of sp³-hybridized carbons (Fsp3) is 0.167. The van der Waals surface area contributed by atoms with Crippen molar-refractivity contribution in [2.75, 3.05) is 5.32 Å². The van der Waals surface area contributed by atoms with Crippen LogP contribution in [0.1, 0.15) is 36.0 Å². The fourth-order valence-corrected chi connectivity index (χ4v) is 2.68. The van der Waals surface area contributed by atoms with E-state index in [0.29, 0.717) is 28.7 Å². The van der Waals surface area contributed by atoms with E-state index in [0.717, 1.165) is 5.56 Å². The van der Waals surface area contributed by atoms with Crippen molar-refractivity contribution in [2.45, 2.75) is 19.8 Å². The average Bonchev–Trinajstić information content (AvgIpc) is 3.30. The molecule has 9 nitrogen and oxygen atoms in total. The summed E-state index contributed by atoms with van der Waals surface area (Å²) < 4.78 is 6.73. The van der Waals surface area contributed by atoms with Crippen molar-refractivity contribution in [2.24, 2.45) is 0 Å². The van der Waals surface area contributed by atoms with E-state index in [1.807, 2.05) is 38.1 Å². The summed E-state index contributed by atoms with van der Waals surface area (Å²) in [6, 6.07) is 8.89. The Bertz CT molecular complexity index is 1130. The second-order valence-corrected chi connectivity index (χ2v) is 6.25. The number of aromatic carboxylic acids is 1. The summed E-state index contributed by atoms with van der Waals surface area (Å²) in [5.74, 6) is 0.549. The van der Waals surface area contributed by atoms with Crippen LogP contribution in [0.3, 0.4) is 0 Å². The van der Waals surface area contributed by atoms with E-state index in [4.69, 9.17) is 4.52 Å². The quantitative estimate of drug-likeness (QED) is 0.553. The fourth-order valence-electron chi connectivity index (χ4n) is 2.68. The minimum Gasteiger partial charge on any atom is -0.478 e. The minimum atomic E-state index is -1.04. The van der Waals surface area contributed by atoms with Crippen LogP contribution >= 0.6 is 0 Å². The maximum Gasteiger partial charge on any atom is 0.338 e. The number of rotatable bonds is 5. The summed E-state index contributed by atoms with van der Waals surface area (Å²) in [6.07, 6.45) is 2.94. The number of aromatic nitrogens is 5. The van der Waals surface area contributed by atoms with Crippen LogP contribution < -0.4 is 5.32 Å². The number of fused-ring (bicyclic) bond motifs is 1. The number of nitrogens with zero attached hydrogens (tertiary/aromatic N) is 5. The first-order valence-electron chi connectivity index (χ1n) is 8.29. The average molecular weight is 364 g/mol. The minimum absolute atomic E-state index is 0.119. The molecule has 0 atom stereocenters. The normalized spacial score (nSPS) is 11.2. The number of nitrogens with one attached hydrogen (secondary N) is 1. The molecule has 9 heteroatoms. The first-order valence-corrected chi connectivity index (χ1v) is 8.29. The maximum atomic E-state index is 11.5. The summed E-state index contributed by atoms with van der Waals surface area (Å²) in [7, 11) is 0. The molecule has 0 aliphatic carbocycles. The Kier molecular flexibility index (Phi) is 4.03. The molecule has 4 aromatic rings. The molecule has 0 saturated carbocycles. The third kappa shape index (κ3) is 3.10. The Morgan fingerprint density at radius 2 is 2.15 bits per heavy atom. The summed E-state index contributed by atoms with van der Waals surface area (Å²) in [5.41, 5.74) is 1.99. The molecule has 0 bridgehead atoms. The summed E-state index contributed by atoms with van der Waals surface area (Å²) in [5, 5.41) is 20.6. The number of hydrogen-bond donors (Lipinski definition) is 2. The Balaban J connectivity index is 1.70. The van der Waals surface area contributed by atoms with Gasteiger partial charge in [-0.3, -0.25) is 0 Å². The molecule has 0 radical (unpaired) electrons. The van der Waals surface area contributed by atoms with Gasteiger partial charge in [-0.25, -0.2) is 14.3 Å². The van der Waals surface area contributed by atoms with Crippen molar-refractivity contribution in [3.8, 4) is 11.4 Å². The Morgan fingerprint density at radius 1 is 1.30 bits per heavy atom. The van der Waals surface area contributed by atoms with Crippen molar-refractivity contribution < 1.29 is 14.4 Å². The third-order valence-corrected chi connectivity index (χ3v) is 4.00. The molecule has 0 unspecified atom stereocenters. The summed E-state index contributed by atoms with van der Waals surface area (Å²) >= 11 is 0. The lowest BCUT2D eigenvalue weighted by Gasteiger charge is -2.08. The molecule has 27 heavy (non-hydrogen) atoms. The lowest BCUT2D eigenvalue weighted by molar-refractivity contribution is 0.0699. The van der Waals surface area contributed by atoms with Crippen LogP contribution in [-0.4, -0.2) is 35.8 Å². The topological polar surface area (TPSA) is 118 Å². The number of hydrogen-bond acceptors (Lipinski definition) is 7. The van der Waals surface area contributed by atoms with Gasteiger partial charge in [0.1, 0.15) is 11.8 Å². The van der Waals surface area contributed by atoms with Gasteiger partial charge in [-0.15, -0.1) is 0 Å². The van der Waals surface area contributed by atoms with E-state index in [9.17, 15) is 9.90 Å². The van der Waals surface area contributed by atoms with Gasteiger partial charge in [0.25, 0.3) is 0 Å². The molecule has 0 spiro atoms. The molecule has 2 N–H and O–H groups in total. The van der Waals surface area contributed by atoms with Crippen molar-refractivity contribution >= 4 is 23.0 Å². The van der Waals surface area contributed by atoms with Crippen molar-refractivity contribution in [1.82, 2.24) is 24.7 Å². The van der Waals surface area contributed by atoms with Crippen LogP contribution in [0.2, 0.25) is 0 Å². The lowest BCUT2D eigenvalue weighted by Crippen LogP contribution is -2.03. The van der Waals surface area contributed by atoms with E-state index in [1.165, 1.54) is 16.9 Å². The Hall–Kier alpha value is -3.75. The van der Waals surface area contributed by atoms with Crippen LogP contribution in [0.4, 0.5) is 11.5 Å². The van der Waals surface area contributed by atoms with Crippen LogP contribution in [0.25, 0.3) is 16.9 Å². The monoisotopic (exact) mass is 364 g/mol. The lowest BCUT2D eigenvalue weighted by atomic mass is 10.2. The van der Waals surface area contributed by atoms with Gasteiger partial charge in [0.05, 0.1) is 5.56 Å². The van der Waals surface area contributed by atoms with E-state index in [1.54, 1.807) is 6.20 Å². The molecule has 0 aliphatic rings. The third-order valence-electron chi connectivity index (χ3n) is 4.00. The highest BCUT2D eigenvalue weighted by Gasteiger charge is 2.16. The first-order chi connectivity index (χ1) is 13.0. The van der Waals surface area contributed by atoms with Gasteiger partial charge in [0.2, 0.25) is 11.7 Å². The smallest absolute Gasteiger partial charge is 0.338 e. The molecule has 136 valence electrons. The second kappa shape index (κ2) is 6.52. The molecular formula is C18H16N6O3. The van der Waals surface area contributed by atoms with E-state index in [2.05, 4.69) is 25.5 Å². The van der Waals surface area contributed by atoms with Crippen LogP contribution in [-0.2, 0) is 0 Å². The van der Waals surface area contributed by atoms with E-state index >= 15 is 0 Å². The number of benzene rings is 1. The number of anilines is 2. The molecular weight excluding hydrogens is 348 g/mol. The predicted octanol–water partition coefficient (Wildman–Crippen LogP) is 3.34. The van der Waals surface area contributed by atoms with Gasteiger partial charge in [0.15, 0.2) is 5.82 Å². The maximum absolute atomic E-state index is 11.5. The predicted molar refractivity (Wildman–Crippen MR) is 97.1 cm³/mol. The first kappa shape index (κ1) is 16.7. The van der Waals surface area contributed by atoms with Crippen LogP contribution in [0, 0.1) is 0 Å². The molecule has 0 aliphatic heterocycles. The van der Waals surface area contributed by atoms with Gasteiger partial charge in [-0.1, -0.05) is 31.1 Å². The van der Waals surface area contributed by atoms with Gasteiger partial charge in [0, 0.05) is 23.4 Å². The number of carboxylic acids is 1. The van der Waals surface area contributed by atoms with Crippen molar-refractivity contribution in [3.63, 3.8) is 0 Å². The highest BCUT2D eigenvalue weighted by atomic mass is 16.5. The highest BCUT2D eigenvalue weighted by molar-refractivity contribution is 5.99. The van der Waals surface area contributed by atoms with Gasteiger partial charge in [-0.2, -0.15) is 10.1 Å². The molecule has 3 aromatic heterocycles. The highest BCUT2D eigenvalue weighted by Crippen LogP contribution is 2.26. The molecule has 0 amide bonds. The zero-order chi connectivity index (χ0) is 19.0. The standard InChI is InChI=1S/C18H16N6O3/c1-10(2)17-22-15(23-27-17)11-4-3-5-12(8-11)21-16-14-13(18(25)26)6-7-24(14)20-9-19-16/h3-10H,1-2H3,(H,25,26)(H,19,20,21). The van der Waals surface area contributed by atoms with E-state index < -0.39 is 5.97 Å². The number of carboxylic acid groups (broad SMARTS) is 1. The molecule has 4 rings (SSSR count). The summed E-state index contributed by atoms with van der Waals surface area (Å²) in [6.45, 7) is 3.96. The summed E-state index contributed by atoms with van der Waals surface area (Å²) in [4.78, 5) is 20.0. The molecule has 3 heterocycles. The molecule has 0 saturated heterocycles. The van der Waals surface area contributed by atoms with Crippen molar-refractivity contribution in [1.29, 1.82) is 0 Å². The SMILES string of the molecule is CC(C)c1nc(-c2cccc(Nc3ncnn4ccc(C(=O)O)c34)c2)no1. The number of carbonyl (C=O) groups is 1. The van der Waals surface area contributed by atoms with Crippen molar-refractivity contribution in [3.05, 3.63) is 54.3 Å². The van der Waals surface area contributed by atoms with Crippen LogP contribution in [0.15, 0.2) is 47.4 Å². The zero-order valence-electron chi connectivity index (χ0n) is 14.6. The Morgan fingerprint density at radius 3 is 2.89 bits per heavy atom. The molecule has 0 fully saturated rings. The molecule has 1 aromatic carbocycles. The zero-order valence-corrected chi connectivity index (χ0v) is 14.6. The van der Waals surface area contributed by atoms with Crippen LogP contribution in [0.5, 0.6) is 0 Å². The van der Waals surface area contributed by atoms with Gasteiger partial charge >= 0.3 is 5.97 Å².